The molecule has 2 aromatic carbocycles. The van der Waals surface area contributed by atoms with Gasteiger partial charge in [-0.1, -0.05) is 42.5 Å². The van der Waals surface area contributed by atoms with Crippen molar-refractivity contribution in [3.63, 3.8) is 0 Å². The Hall–Kier alpha value is -3.16. The summed E-state index contributed by atoms with van der Waals surface area (Å²) in [5.41, 5.74) is 3.02. The molecule has 1 saturated heterocycles. The number of imide groups is 1. The van der Waals surface area contributed by atoms with Gasteiger partial charge in [0.1, 0.15) is 11.4 Å². The van der Waals surface area contributed by atoms with Crippen LogP contribution in [0.4, 0.5) is 0 Å². The van der Waals surface area contributed by atoms with Gasteiger partial charge in [-0.15, -0.1) is 0 Å². The average molecular weight is 450 g/mol. The van der Waals surface area contributed by atoms with E-state index in [9.17, 15) is 9.59 Å². The normalized spacial score (nSPS) is 17.3. The first-order chi connectivity index (χ1) is 16.1. The van der Waals surface area contributed by atoms with E-state index in [1.54, 1.807) is 14.2 Å². The second kappa shape index (κ2) is 10.6. The number of piperazine rings is 1. The lowest BCUT2D eigenvalue weighted by molar-refractivity contribution is -0.137. The molecule has 4 rings (SSSR count). The van der Waals surface area contributed by atoms with Crippen LogP contribution in [0.3, 0.4) is 0 Å². The van der Waals surface area contributed by atoms with Crippen LogP contribution in [0.25, 0.3) is 5.57 Å². The smallest absolute Gasteiger partial charge is 0.277 e. The molecule has 2 heterocycles. The van der Waals surface area contributed by atoms with Gasteiger partial charge in [-0.25, -0.2) is 0 Å². The molecule has 0 unspecified atom stereocenters. The van der Waals surface area contributed by atoms with E-state index < -0.39 is 0 Å². The van der Waals surface area contributed by atoms with Crippen molar-refractivity contribution in [1.82, 2.24) is 14.7 Å². The van der Waals surface area contributed by atoms with Gasteiger partial charge in [0.2, 0.25) is 0 Å². The van der Waals surface area contributed by atoms with Crippen molar-refractivity contribution in [3.8, 4) is 5.75 Å². The number of ether oxygens (including phenoxy) is 2. The molecule has 7 heteroatoms. The highest BCUT2D eigenvalue weighted by molar-refractivity contribution is 6.35. The van der Waals surface area contributed by atoms with Crippen molar-refractivity contribution in [1.29, 1.82) is 0 Å². The van der Waals surface area contributed by atoms with Crippen molar-refractivity contribution in [2.24, 2.45) is 0 Å². The van der Waals surface area contributed by atoms with Gasteiger partial charge in [0.15, 0.2) is 0 Å². The lowest BCUT2D eigenvalue weighted by Crippen LogP contribution is -2.47. The van der Waals surface area contributed by atoms with E-state index in [0.717, 1.165) is 25.2 Å². The summed E-state index contributed by atoms with van der Waals surface area (Å²) in [4.78, 5) is 32.6. The number of rotatable bonds is 9. The summed E-state index contributed by atoms with van der Waals surface area (Å²) in [5, 5.41) is 0. The Morgan fingerprint density at radius 1 is 0.848 bits per heavy atom. The number of methoxy groups -OCH3 is 2. The highest BCUT2D eigenvalue weighted by Gasteiger charge is 2.41. The number of amides is 2. The zero-order chi connectivity index (χ0) is 23.2. The molecular formula is C26H31N3O4. The van der Waals surface area contributed by atoms with Crippen LogP contribution in [0, 0.1) is 0 Å². The number of hydrogen-bond donors (Lipinski definition) is 0. The zero-order valence-corrected chi connectivity index (χ0v) is 19.3. The molecule has 2 amide bonds. The van der Waals surface area contributed by atoms with Crippen molar-refractivity contribution in [2.45, 2.75) is 13.0 Å². The van der Waals surface area contributed by atoms with Crippen LogP contribution >= 0.6 is 0 Å². The predicted octanol–water partition coefficient (Wildman–Crippen LogP) is 2.63. The minimum atomic E-state index is -0.233. The Morgan fingerprint density at radius 3 is 2.18 bits per heavy atom. The molecule has 174 valence electrons. The monoisotopic (exact) mass is 449 g/mol. The SMILES string of the molecule is COCCCN1C(=O)C(c2ccc(OC)cc2)=C(N2CCN(Cc3ccccc3)CC2)C1=O. The maximum Gasteiger partial charge on any atom is 0.277 e. The fourth-order valence-corrected chi connectivity index (χ4v) is 4.42. The molecule has 0 radical (unpaired) electrons. The van der Waals surface area contributed by atoms with E-state index in [1.165, 1.54) is 10.5 Å². The highest BCUT2D eigenvalue weighted by atomic mass is 16.5. The van der Waals surface area contributed by atoms with Crippen molar-refractivity contribution in [2.75, 3.05) is 53.6 Å². The molecule has 2 aliphatic rings. The highest BCUT2D eigenvalue weighted by Crippen LogP contribution is 2.33. The van der Waals surface area contributed by atoms with E-state index in [2.05, 4.69) is 34.1 Å². The largest absolute Gasteiger partial charge is 0.497 e. The first-order valence-electron chi connectivity index (χ1n) is 11.4. The van der Waals surface area contributed by atoms with Gasteiger partial charge in [0.05, 0.1) is 12.7 Å². The summed E-state index contributed by atoms with van der Waals surface area (Å²) in [6.07, 6.45) is 0.613. The summed E-state index contributed by atoms with van der Waals surface area (Å²) in [6.45, 7) is 4.80. The Morgan fingerprint density at radius 2 is 1.55 bits per heavy atom. The van der Waals surface area contributed by atoms with Crippen LogP contribution in [0.5, 0.6) is 5.75 Å². The molecule has 2 aromatic rings. The molecule has 0 saturated carbocycles. The number of nitrogens with zero attached hydrogens (tertiary/aromatic N) is 3. The van der Waals surface area contributed by atoms with Crippen LogP contribution in [0.1, 0.15) is 17.5 Å². The quantitative estimate of drug-likeness (QED) is 0.433. The van der Waals surface area contributed by atoms with E-state index in [-0.39, 0.29) is 11.8 Å². The number of benzene rings is 2. The van der Waals surface area contributed by atoms with E-state index in [0.29, 0.717) is 49.7 Å². The molecule has 0 aromatic heterocycles. The number of hydrogen-bond acceptors (Lipinski definition) is 6. The van der Waals surface area contributed by atoms with E-state index in [1.807, 2.05) is 30.3 Å². The lowest BCUT2D eigenvalue weighted by atomic mass is 10.0. The fraction of sp³-hybridized carbons (Fsp3) is 0.385. The summed E-state index contributed by atoms with van der Waals surface area (Å²) in [6, 6.07) is 17.7. The molecule has 33 heavy (non-hydrogen) atoms. The van der Waals surface area contributed by atoms with E-state index in [4.69, 9.17) is 9.47 Å². The Kier molecular flexibility index (Phi) is 7.42. The Balaban J connectivity index is 1.55. The molecule has 1 fully saturated rings. The van der Waals surface area contributed by atoms with Gasteiger partial charge in [0, 0.05) is 53.0 Å². The van der Waals surface area contributed by atoms with Gasteiger partial charge >= 0.3 is 0 Å². The molecule has 0 aliphatic carbocycles. The minimum absolute atomic E-state index is 0.210. The maximum absolute atomic E-state index is 13.4. The third kappa shape index (κ3) is 5.10. The molecule has 0 atom stereocenters. The minimum Gasteiger partial charge on any atom is -0.497 e. The third-order valence-corrected chi connectivity index (χ3v) is 6.19. The van der Waals surface area contributed by atoms with Gasteiger partial charge in [0.25, 0.3) is 11.8 Å². The summed E-state index contributed by atoms with van der Waals surface area (Å²) in [7, 11) is 3.23. The third-order valence-electron chi connectivity index (χ3n) is 6.19. The maximum atomic E-state index is 13.4. The molecule has 2 aliphatic heterocycles. The molecular weight excluding hydrogens is 418 g/mol. The van der Waals surface area contributed by atoms with Crippen LogP contribution in [-0.4, -0.2) is 80.1 Å². The lowest BCUT2D eigenvalue weighted by Gasteiger charge is -2.36. The number of carbonyl (C=O) groups excluding carboxylic acids is 2. The first-order valence-corrected chi connectivity index (χ1v) is 11.4. The van der Waals surface area contributed by atoms with E-state index >= 15 is 0 Å². The van der Waals surface area contributed by atoms with Crippen LogP contribution in [0.15, 0.2) is 60.3 Å². The zero-order valence-electron chi connectivity index (χ0n) is 19.3. The second-order valence-corrected chi connectivity index (χ2v) is 8.31. The summed E-state index contributed by atoms with van der Waals surface area (Å²) in [5.74, 6) is 0.269. The Bertz CT molecular complexity index is 996. The molecule has 7 nitrogen and oxygen atoms in total. The number of carbonyl (C=O) groups is 2. The van der Waals surface area contributed by atoms with Crippen LogP contribution in [-0.2, 0) is 20.9 Å². The Labute approximate surface area is 195 Å². The molecule has 0 bridgehead atoms. The van der Waals surface area contributed by atoms with Crippen LogP contribution in [0.2, 0.25) is 0 Å². The van der Waals surface area contributed by atoms with Crippen molar-refractivity contribution >= 4 is 17.4 Å². The average Bonchev–Trinajstić information content (AvgIpc) is 3.10. The summed E-state index contributed by atoms with van der Waals surface area (Å²) >= 11 is 0. The van der Waals surface area contributed by atoms with Gasteiger partial charge in [-0.3, -0.25) is 19.4 Å². The van der Waals surface area contributed by atoms with Gasteiger partial charge < -0.3 is 14.4 Å². The first kappa shape index (κ1) is 23.0. The van der Waals surface area contributed by atoms with Crippen LogP contribution < -0.4 is 4.74 Å². The van der Waals surface area contributed by atoms with Crippen molar-refractivity contribution in [3.05, 3.63) is 71.4 Å². The van der Waals surface area contributed by atoms with Crippen molar-refractivity contribution < 1.29 is 19.1 Å². The molecule has 0 N–H and O–H groups in total. The molecule has 0 spiro atoms. The van der Waals surface area contributed by atoms with Gasteiger partial charge in [-0.05, 0) is 29.7 Å². The predicted molar refractivity (Wildman–Crippen MR) is 126 cm³/mol. The topological polar surface area (TPSA) is 62.3 Å². The van der Waals surface area contributed by atoms with Gasteiger partial charge in [-0.2, -0.15) is 0 Å². The second-order valence-electron chi connectivity index (χ2n) is 8.31. The summed E-state index contributed by atoms with van der Waals surface area (Å²) < 4.78 is 10.4. The fourth-order valence-electron chi connectivity index (χ4n) is 4.42. The standard InChI is InChI=1S/C26H31N3O4/c1-32-18-6-13-29-25(30)23(21-9-11-22(33-2)12-10-21)24(26(29)31)28-16-14-27(15-17-28)19-20-7-4-3-5-8-20/h3-5,7-12H,6,13-19H2,1-2H3.